The van der Waals surface area contributed by atoms with Crippen LogP contribution in [0.25, 0.3) is 11.3 Å². The van der Waals surface area contributed by atoms with Gasteiger partial charge in [0.2, 0.25) is 0 Å². The van der Waals surface area contributed by atoms with E-state index < -0.39 is 0 Å². The monoisotopic (exact) mass is 539 g/mol. The van der Waals surface area contributed by atoms with Crippen molar-refractivity contribution in [2.45, 2.75) is 61.9 Å². The SMILES string of the molecule is Clc1cc(C2CCC3(C2)OCCO3)nc2ccnn12.Nc1cc(C2CCC3(C2)OCCO3)nc2ccnn12. The number of halogens is 1. The van der Waals surface area contributed by atoms with E-state index in [1.165, 1.54) is 0 Å². The minimum absolute atomic E-state index is 0.343. The molecule has 2 saturated carbocycles. The number of fused-ring (bicyclic) bond motifs is 2. The number of aromatic nitrogens is 6. The third kappa shape index (κ3) is 4.32. The summed E-state index contributed by atoms with van der Waals surface area (Å²) in [4.78, 5) is 9.28. The minimum Gasteiger partial charge on any atom is -0.384 e. The number of ether oxygens (including phenoxy) is 4. The quantitative estimate of drug-likeness (QED) is 0.379. The van der Waals surface area contributed by atoms with Crippen LogP contribution in [0.2, 0.25) is 5.15 Å². The molecular weight excluding hydrogens is 510 g/mol. The summed E-state index contributed by atoms with van der Waals surface area (Å²) in [5.41, 5.74) is 9.62. The molecule has 2 spiro atoms. The van der Waals surface area contributed by atoms with E-state index in [2.05, 4.69) is 20.2 Å². The number of rotatable bonds is 2. The van der Waals surface area contributed by atoms with Gasteiger partial charge in [-0.15, -0.1) is 0 Å². The fourth-order valence-corrected chi connectivity index (χ4v) is 6.48. The molecule has 4 aromatic rings. The first kappa shape index (κ1) is 24.2. The predicted octanol–water partition coefficient (Wildman–Crippen LogP) is 3.72. The van der Waals surface area contributed by atoms with Crippen molar-refractivity contribution in [1.82, 2.24) is 29.2 Å². The molecule has 38 heavy (non-hydrogen) atoms. The van der Waals surface area contributed by atoms with Crippen LogP contribution in [0.4, 0.5) is 5.82 Å². The highest BCUT2D eigenvalue weighted by Crippen LogP contribution is 2.46. The van der Waals surface area contributed by atoms with E-state index in [-0.39, 0.29) is 11.6 Å². The molecule has 4 fully saturated rings. The average Bonchev–Trinajstić information content (AvgIpc) is 3.74. The van der Waals surface area contributed by atoms with E-state index in [1.54, 1.807) is 21.4 Å². The van der Waals surface area contributed by atoms with Gasteiger partial charge in [-0.05, 0) is 18.9 Å². The van der Waals surface area contributed by atoms with Crippen molar-refractivity contribution in [3.8, 4) is 0 Å². The molecule has 2 N–H and O–H groups in total. The summed E-state index contributed by atoms with van der Waals surface area (Å²) in [6, 6.07) is 7.55. The Kier molecular flexibility index (Phi) is 6.01. The second-order valence-corrected chi connectivity index (χ2v) is 10.8. The molecule has 0 amide bonds. The average molecular weight is 540 g/mol. The summed E-state index contributed by atoms with van der Waals surface area (Å²) in [7, 11) is 0. The Balaban J connectivity index is 0.000000127. The molecule has 4 aromatic heterocycles. The van der Waals surface area contributed by atoms with Gasteiger partial charge < -0.3 is 24.7 Å². The van der Waals surface area contributed by atoms with Gasteiger partial charge in [0.15, 0.2) is 22.9 Å². The molecule has 2 atom stereocenters. The van der Waals surface area contributed by atoms with E-state index in [1.807, 2.05) is 24.3 Å². The van der Waals surface area contributed by atoms with Crippen LogP contribution in [-0.4, -0.2) is 67.2 Å². The van der Waals surface area contributed by atoms with Crippen LogP contribution in [0.15, 0.2) is 36.7 Å². The molecule has 12 heteroatoms. The molecule has 11 nitrogen and oxygen atoms in total. The Morgan fingerprint density at radius 3 is 1.84 bits per heavy atom. The largest absolute Gasteiger partial charge is 0.384 e. The number of anilines is 1. The summed E-state index contributed by atoms with van der Waals surface area (Å²) in [6.07, 6.45) is 9.05. The molecule has 2 unspecified atom stereocenters. The van der Waals surface area contributed by atoms with Crippen molar-refractivity contribution < 1.29 is 18.9 Å². The van der Waals surface area contributed by atoms with Gasteiger partial charge in [0, 0.05) is 67.1 Å². The van der Waals surface area contributed by atoms with E-state index >= 15 is 0 Å². The van der Waals surface area contributed by atoms with Crippen LogP contribution >= 0.6 is 11.6 Å². The van der Waals surface area contributed by atoms with Crippen molar-refractivity contribution in [3.05, 3.63) is 53.2 Å². The van der Waals surface area contributed by atoms with Gasteiger partial charge in [-0.1, -0.05) is 11.6 Å². The maximum absolute atomic E-state index is 6.23. The van der Waals surface area contributed by atoms with E-state index in [9.17, 15) is 0 Å². The Morgan fingerprint density at radius 2 is 1.26 bits per heavy atom. The van der Waals surface area contributed by atoms with Crippen molar-refractivity contribution in [2.75, 3.05) is 32.2 Å². The maximum Gasteiger partial charge on any atom is 0.169 e. The molecule has 2 saturated heterocycles. The molecule has 0 bridgehead atoms. The van der Waals surface area contributed by atoms with Gasteiger partial charge in [-0.2, -0.15) is 14.7 Å². The molecule has 200 valence electrons. The normalized spacial score (nSPS) is 25.6. The molecule has 2 aliphatic carbocycles. The molecule has 6 heterocycles. The van der Waals surface area contributed by atoms with Gasteiger partial charge in [-0.25, -0.2) is 14.5 Å². The number of nitrogens with two attached hydrogens (primary N) is 1. The van der Waals surface area contributed by atoms with Gasteiger partial charge >= 0.3 is 0 Å². The van der Waals surface area contributed by atoms with Crippen LogP contribution in [0.3, 0.4) is 0 Å². The van der Waals surface area contributed by atoms with Crippen LogP contribution in [0.1, 0.15) is 61.7 Å². The third-order valence-corrected chi connectivity index (χ3v) is 8.34. The first-order valence-corrected chi connectivity index (χ1v) is 13.6. The topological polar surface area (TPSA) is 123 Å². The Morgan fingerprint density at radius 1 is 0.763 bits per heavy atom. The smallest absolute Gasteiger partial charge is 0.169 e. The molecule has 0 radical (unpaired) electrons. The number of hydrogen-bond acceptors (Lipinski definition) is 9. The van der Waals surface area contributed by atoms with Gasteiger partial charge in [0.25, 0.3) is 0 Å². The van der Waals surface area contributed by atoms with Crippen molar-refractivity contribution >= 4 is 28.7 Å². The third-order valence-electron chi connectivity index (χ3n) is 8.07. The van der Waals surface area contributed by atoms with Gasteiger partial charge in [0.1, 0.15) is 11.0 Å². The van der Waals surface area contributed by atoms with Crippen LogP contribution in [0, 0.1) is 0 Å². The van der Waals surface area contributed by atoms with E-state index in [0.717, 1.165) is 61.2 Å². The van der Waals surface area contributed by atoms with Crippen LogP contribution < -0.4 is 5.73 Å². The molecular formula is C26H30ClN7O4. The van der Waals surface area contributed by atoms with Crippen molar-refractivity contribution in [2.24, 2.45) is 0 Å². The highest BCUT2D eigenvalue weighted by Gasteiger charge is 2.46. The van der Waals surface area contributed by atoms with E-state index in [4.69, 9.17) is 36.3 Å². The van der Waals surface area contributed by atoms with Crippen molar-refractivity contribution in [1.29, 1.82) is 0 Å². The van der Waals surface area contributed by atoms with Crippen molar-refractivity contribution in [3.63, 3.8) is 0 Å². The fourth-order valence-electron chi connectivity index (χ4n) is 6.24. The first-order valence-electron chi connectivity index (χ1n) is 13.2. The summed E-state index contributed by atoms with van der Waals surface area (Å²) >= 11 is 6.23. The fraction of sp³-hybridized carbons (Fsp3) is 0.538. The summed E-state index contributed by atoms with van der Waals surface area (Å²) in [5, 5.41) is 8.86. The van der Waals surface area contributed by atoms with Crippen LogP contribution in [-0.2, 0) is 18.9 Å². The first-order chi connectivity index (χ1) is 18.5. The lowest BCUT2D eigenvalue weighted by Crippen LogP contribution is -2.25. The lowest BCUT2D eigenvalue weighted by atomic mass is 10.0. The second kappa shape index (κ2) is 9.42. The predicted molar refractivity (Wildman–Crippen MR) is 138 cm³/mol. The Hall–Kier alpha value is -2.83. The highest BCUT2D eigenvalue weighted by molar-refractivity contribution is 6.29. The Bertz CT molecular complexity index is 1350. The lowest BCUT2D eigenvalue weighted by Gasteiger charge is -2.21. The number of nitrogens with zero attached hydrogens (tertiary/aromatic N) is 6. The Labute approximate surface area is 224 Å². The molecule has 8 rings (SSSR count). The number of hydrogen-bond donors (Lipinski definition) is 1. The second-order valence-electron chi connectivity index (χ2n) is 10.4. The lowest BCUT2D eigenvalue weighted by molar-refractivity contribution is -0.151. The highest BCUT2D eigenvalue weighted by atomic mass is 35.5. The summed E-state index contributed by atoms with van der Waals surface area (Å²) in [6.45, 7) is 2.79. The summed E-state index contributed by atoms with van der Waals surface area (Å²) < 4.78 is 26.3. The number of nitrogen functional groups attached to an aromatic ring is 1. The van der Waals surface area contributed by atoms with Crippen LogP contribution in [0.5, 0.6) is 0 Å². The zero-order valence-electron chi connectivity index (χ0n) is 21.0. The zero-order valence-corrected chi connectivity index (χ0v) is 21.7. The molecule has 0 aromatic carbocycles. The maximum atomic E-state index is 6.23. The zero-order chi connectivity index (χ0) is 25.7. The minimum atomic E-state index is -0.370. The summed E-state index contributed by atoms with van der Waals surface area (Å²) in [5.74, 6) is 0.577. The van der Waals surface area contributed by atoms with E-state index in [0.29, 0.717) is 49.2 Å². The van der Waals surface area contributed by atoms with Gasteiger partial charge in [0.05, 0.1) is 38.8 Å². The standard InChI is InChI=1S/C13H14ClN3O2.C13H16N4O2/c2*14-11-7-10(16-12-2-4-15-17(11)12)9-1-3-13(8-9)18-5-6-19-13/h2,4,7,9H,1,3,5-6,8H2;2,4,7,9H,1,3,5-6,8,14H2. The molecule has 2 aliphatic heterocycles. The van der Waals surface area contributed by atoms with Gasteiger partial charge in [-0.3, -0.25) is 0 Å². The molecule has 4 aliphatic rings.